The Kier molecular flexibility index (Phi) is 3.28. The molecule has 0 aliphatic heterocycles. The molecule has 1 unspecified atom stereocenters. The molecule has 1 atom stereocenters. The Morgan fingerprint density at radius 3 is 2.93 bits per heavy atom. The van der Waals surface area contributed by atoms with Gasteiger partial charge < -0.3 is 5.73 Å². The topological polar surface area (TPSA) is 55.0 Å². The third-order valence-corrected chi connectivity index (χ3v) is 2.94. The van der Waals surface area contributed by atoms with Crippen molar-refractivity contribution in [2.24, 2.45) is 11.7 Å². The lowest BCUT2D eigenvalue weighted by molar-refractivity contribution is 0.236. The highest BCUT2D eigenvalue weighted by molar-refractivity contribution is 5.05. The minimum absolute atomic E-state index is 0.230. The zero-order valence-corrected chi connectivity index (χ0v) is 9.13. The van der Waals surface area contributed by atoms with Crippen LogP contribution in [0.4, 0.5) is 0 Å². The lowest BCUT2D eigenvalue weighted by atomic mass is 10.1. The number of rotatable bonds is 5. The summed E-state index contributed by atoms with van der Waals surface area (Å²) < 4.78 is 0. The van der Waals surface area contributed by atoms with E-state index >= 15 is 0 Å². The van der Waals surface area contributed by atoms with Crippen molar-refractivity contribution in [3.05, 3.63) is 24.3 Å². The molecule has 1 heterocycles. The van der Waals surface area contributed by atoms with Gasteiger partial charge in [0.05, 0.1) is 11.7 Å². The molecule has 0 saturated heterocycles. The Labute approximate surface area is 90.5 Å². The van der Waals surface area contributed by atoms with E-state index in [4.69, 9.17) is 5.73 Å². The van der Waals surface area contributed by atoms with Crippen molar-refractivity contribution in [2.75, 3.05) is 20.1 Å². The molecule has 0 aromatic carbocycles. The predicted molar refractivity (Wildman–Crippen MR) is 59.2 cm³/mol. The van der Waals surface area contributed by atoms with Crippen LogP contribution < -0.4 is 5.73 Å². The minimum Gasteiger partial charge on any atom is -0.329 e. The van der Waals surface area contributed by atoms with Gasteiger partial charge in [0.25, 0.3) is 0 Å². The monoisotopic (exact) mass is 206 g/mol. The maximum absolute atomic E-state index is 5.80. The molecular weight excluding hydrogens is 188 g/mol. The van der Waals surface area contributed by atoms with E-state index in [2.05, 4.69) is 21.9 Å². The number of hydrogen-bond donors (Lipinski definition) is 1. The number of nitrogens with two attached hydrogens (primary N) is 1. The van der Waals surface area contributed by atoms with Crippen LogP contribution in [0.5, 0.6) is 0 Å². The van der Waals surface area contributed by atoms with E-state index in [1.807, 2.05) is 6.07 Å². The summed E-state index contributed by atoms with van der Waals surface area (Å²) in [5, 5.41) is 0. The first kappa shape index (κ1) is 10.5. The van der Waals surface area contributed by atoms with Gasteiger partial charge in [-0.2, -0.15) is 0 Å². The largest absolute Gasteiger partial charge is 0.329 e. The first-order chi connectivity index (χ1) is 7.31. The third-order valence-electron chi connectivity index (χ3n) is 2.94. The van der Waals surface area contributed by atoms with E-state index in [-0.39, 0.29) is 6.04 Å². The summed E-state index contributed by atoms with van der Waals surface area (Å²) in [6, 6.07) is 2.18. The maximum atomic E-state index is 5.80. The van der Waals surface area contributed by atoms with Crippen molar-refractivity contribution < 1.29 is 0 Å². The summed E-state index contributed by atoms with van der Waals surface area (Å²) in [6.07, 6.45) is 6.09. The van der Waals surface area contributed by atoms with Gasteiger partial charge in [-0.15, -0.1) is 0 Å². The molecular formula is C11H18N4. The highest BCUT2D eigenvalue weighted by Gasteiger charge is 2.26. The first-order valence-corrected chi connectivity index (χ1v) is 5.47. The molecule has 1 fully saturated rings. The van der Waals surface area contributed by atoms with E-state index in [1.165, 1.54) is 12.8 Å². The fourth-order valence-electron chi connectivity index (χ4n) is 1.86. The van der Waals surface area contributed by atoms with E-state index in [9.17, 15) is 0 Å². The van der Waals surface area contributed by atoms with Crippen LogP contribution in [0.3, 0.4) is 0 Å². The molecule has 0 bridgehead atoms. The average molecular weight is 206 g/mol. The normalized spacial score (nSPS) is 18.1. The Bertz CT molecular complexity index is 297. The number of nitrogens with zero attached hydrogens (tertiary/aromatic N) is 3. The fourth-order valence-corrected chi connectivity index (χ4v) is 1.86. The first-order valence-electron chi connectivity index (χ1n) is 5.47. The molecule has 4 nitrogen and oxygen atoms in total. The van der Waals surface area contributed by atoms with Gasteiger partial charge in [-0.1, -0.05) is 0 Å². The van der Waals surface area contributed by atoms with Gasteiger partial charge in [-0.05, 0) is 31.9 Å². The van der Waals surface area contributed by atoms with Crippen LogP contribution in [0.15, 0.2) is 18.6 Å². The molecule has 1 aromatic rings. The lowest BCUT2D eigenvalue weighted by Crippen LogP contribution is -2.32. The Morgan fingerprint density at radius 2 is 2.40 bits per heavy atom. The number of likely N-dealkylation sites (N-methyl/N-ethyl adjacent to an activating group) is 1. The molecule has 2 N–H and O–H groups in total. The van der Waals surface area contributed by atoms with Gasteiger partial charge in [0.1, 0.15) is 6.33 Å². The summed E-state index contributed by atoms with van der Waals surface area (Å²) in [7, 11) is 2.12. The minimum atomic E-state index is 0.230. The Hall–Kier alpha value is -1.00. The van der Waals surface area contributed by atoms with Gasteiger partial charge in [0.15, 0.2) is 0 Å². The second kappa shape index (κ2) is 4.68. The summed E-state index contributed by atoms with van der Waals surface area (Å²) in [5.74, 6) is 0.880. The highest BCUT2D eigenvalue weighted by Crippen LogP contribution is 2.31. The van der Waals surface area contributed by atoms with Crippen LogP contribution in [0.25, 0.3) is 0 Å². The summed E-state index contributed by atoms with van der Waals surface area (Å²) in [6.45, 7) is 1.74. The second-order valence-electron chi connectivity index (χ2n) is 4.27. The van der Waals surface area contributed by atoms with Crippen molar-refractivity contribution in [1.82, 2.24) is 14.9 Å². The van der Waals surface area contributed by atoms with E-state index in [1.54, 1.807) is 12.5 Å². The highest BCUT2D eigenvalue weighted by atomic mass is 15.2. The van der Waals surface area contributed by atoms with Crippen molar-refractivity contribution in [1.29, 1.82) is 0 Å². The summed E-state index contributed by atoms with van der Waals surface area (Å²) in [5.41, 5.74) is 6.82. The molecule has 2 rings (SSSR count). The van der Waals surface area contributed by atoms with Crippen LogP contribution in [0.2, 0.25) is 0 Å². The zero-order valence-electron chi connectivity index (χ0n) is 9.13. The third kappa shape index (κ3) is 2.73. The molecule has 4 heteroatoms. The van der Waals surface area contributed by atoms with Crippen LogP contribution in [-0.2, 0) is 0 Å². The molecule has 15 heavy (non-hydrogen) atoms. The standard InChI is InChI=1S/C11H18N4/c1-15(7-9-2-3-9)11(6-12)10-4-5-13-8-14-10/h4-5,8-9,11H,2-3,6-7,12H2,1H3. The van der Waals surface area contributed by atoms with Gasteiger partial charge in [-0.25, -0.2) is 9.97 Å². The van der Waals surface area contributed by atoms with Crippen LogP contribution >= 0.6 is 0 Å². The van der Waals surface area contributed by atoms with Crippen molar-refractivity contribution >= 4 is 0 Å². The zero-order chi connectivity index (χ0) is 10.7. The van der Waals surface area contributed by atoms with Crippen molar-refractivity contribution in [2.45, 2.75) is 18.9 Å². The van der Waals surface area contributed by atoms with Gasteiger partial charge >= 0.3 is 0 Å². The SMILES string of the molecule is CN(CC1CC1)C(CN)c1ccncn1. The smallest absolute Gasteiger partial charge is 0.115 e. The van der Waals surface area contributed by atoms with Crippen LogP contribution in [-0.4, -0.2) is 35.0 Å². The Morgan fingerprint density at radius 1 is 1.60 bits per heavy atom. The number of aromatic nitrogens is 2. The Balaban J connectivity index is 2.01. The summed E-state index contributed by atoms with van der Waals surface area (Å²) in [4.78, 5) is 10.5. The van der Waals surface area contributed by atoms with Gasteiger partial charge in [0, 0.05) is 19.3 Å². The average Bonchev–Trinajstić information content (AvgIpc) is 3.04. The molecule has 1 saturated carbocycles. The molecule has 82 valence electrons. The van der Waals surface area contributed by atoms with E-state index in [0.29, 0.717) is 6.54 Å². The van der Waals surface area contributed by atoms with Crippen LogP contribution in [0.1, 0.15) is 24.6 Å². The quantitative estimate of drug-likeness (QED) is 0.775. The molecule has 1 aliphatic carbocycles. The summed E-state index contributed by atoms with van der Waals surface area (Å²) >= 11 is 0. The molecule has 1 aliphatic rings. The second-order valence-corrected chi connectivity index (χ2v) is 4.27. The van der Waals surface area contributed by atoms with Crippen molar-refractivity contribution in [3.63, 3.8) is 0 Å². The lowest BCUT2D eigenvalue weighted by Gasteiger charge is -2.26. The van der Waals surface area contributed by atoms with Crippen LogP contribution in [0, 0.1) is 5.92 Å². The van der Waals surface area contributed by atoms with Crippen molar-refractivity contribution in [3.8, 4) is 0 Å². The van der Waals surface area contributed by atoms with E-state index < -0.39 is 0 Å². The molecule has 1 aromatic heterocycles. The maximum Gasteiger partial charge on any atom is 0.115 e. The molecule has 0 radical (unpaired) electrons. The number of hydrogen-bond acceptors (Lipinski definition) is 4. The fraction of sp³-hybridized carbons (Fsp3) is 0.636. The van der Waals surface area contributed by atoms with Gasteiger partial charge in [0.2, 0.25) is 0 Å². The van der Waals surface area contributed by atoms with E-state index in [0.717, 1.165) is 18.2 Å². The molecule has 0 amide bonds. The molecule has 0 spiro atoms. The predicted octanol–water partition coefficient (Wildman–Crippen LogP) is 0.818. The van der Waals surface area contributed by atoms with Gasteiger partial charge in [-0.3, -0.25) is 4.90 Å².